The zero-order valence-electron chi connectivity index (χ0n) is 9.58. The predicted octanol–water partition coefficient (Wildman–Crippen LogP) is 1.13. The molecular weight excluding hydrogens is 222 g/mol. The van der Waals surface area contributed by atoms with Crippen LogP contribution in [-0.2, 0) is 9.59 Å². The van der Waals surface area contributed by atoms with Crippen LogP contribution in [0.15, 0.2) is 24.3 Å². The number of para-hydroxylation sites is 2. The van der Waals surface area contributed by atoms with Gasteiger partial charge in [0.05, 0.1) is 11.6 Å². The SMILES string of the molecule is CC(C(=O)O)C1Oc2ccccc2N(C)C1=O. The number of anilines is 1. The van der Waals surface area contributed by atoms with Gasteiger partial charge >= 0.3 is 5.97 Å². The molecule has 5 heteroatoms. The highest BCUT2D eigenvalue weighted by atomic mass is 16.5. The van der Waals surface area contributed by atoms with Gasteiger partial charge in [-0.3, -0.25) is 9.59 Å². The minimum atomic E-state index is -1.05. The molecule has 17 heavy (non-hydrogen) atoms. The van der Waals surface area contributed by atoms with Crippen molar-refractivity contribution in [3.05, 3.63) is 24.3 Å². The first-order valence-electron chi connectivity index (χ1n) is 5.28. The number of amides is 1. The second kappa shape index (κ2) is 4.08. The summed E-state index contributed by atoms with van der Waals surface area (Å²) in [5, 5.41) is 8.94. The number of hydrogen-bond acceptors (Lipinski definition) is 3. The number of rotatable bonds is 2. The van der Waals surface area contributed by atoms with Gasteiger partial charge in [-0.2, -0.15) is 0 Å². The van der Waals surface area contributed by atoms with Crippen molar-refractivity contribution in [3.8, 4) is 5.75 Å². The average Bonchev–Trinajstić information content (AvgIpc) is 2.33. The van der Waals surface area contributed by atoms with Crippen LogP contribution >= 0.6 is 0 Å². The molecule has 1 aliphatic heterocycles. The van der Waals surface area contributed by atoms with Crippen LogP contribution in [0.3, 0.4) is 0 Å². The molecule has 90 valence electrons. The summed E-state index contributed by atoms with van der Waals surface area (Å²) in [6.07, 6.45) is -0.965. The molecular formula is C12H13NO4. The highest BCUT2D eigenvalue weighted by Gasteiger charge is 2.38. The van der Waals surface area contributed by atoms with Crippen LogP contribution < -0.4 is 9.64 Å². The van der Waals surface area contributed by atoms with Crippen molar-refractivity contribution in [2.75, 3.05) is 11.9 Å². The van der Waals surface area contributed by atoms with E-state index in [0.717, 1.165) is 0 Å². The maximum Gasteiger partial charge on any atom is 0.310 e. The fraction of sp³-hybridized carbons (Fsp3) is 0.333. The van der Waals surface area contributed by atoms with Crippen molar-refractivity contribution in [1.82, 2.24) is 0 Å². The van der Waals surface area contributed by atoms with E-state index in [1.165, 1.54) is 11.8 Å². The van der Waals surface area contributed by atoms with Crippen LogP contribution in [0.1, 0.15) is 6.92 Å². The van der Waals surface area contributed by atoms with Gasteiger partial charge in [0.1, 0.15) is 5.75 Å². The van der Waals surface area contributed by atoms with Gasteiger partial charge in [0.25, 0.3) is 5.91 Å². The molecule has 0 aliphatic carbocycles. The van der Waals surface area contributed by atoms with Crippen molar-refractivity contribution < 1.29 is 19.4 Å². The maximum absolute atomic E-state index is 12.0. The first kappa shape index (κ1) is 11.4. The van der Waals surface area contributed by atoms with E-state index in [9.17, 15) is 9.59 Å². The number of benzene rings is 1. The van der Waals surface area contributed by atoms with Crippen molar-refractivity contribution >= 4 is 17.6 Å². The smallest absolute Gasteiger partial charge is 0.310 e. The third-order valence-electron chi connectivity index (χ3n) is 2.90. The Morgan fingerprint density at radius 3 is 2.76 bits per heavy atom. The third kappa shape index (κ3) is 1.84. The van der Waals surface area contributed by atoms with E-state index < -0.39 is 18.0 Å². The number of fused-ring (bicyclic) bond motifs is 1. The molecule has 0 saturated carbocycles. The molecule has 1 aromatic rings. The minimum Gasteiger partial charge on any atom is -0.481 e. The van der Waals surface area contributed by atoms with E-state index in [-0.39, 0.29) is 5.91 Å². The van der Waals surface area contributed by atoms with Gasteiger partial charge in [0.15, 0.2) is 6.10 Å². The van der Waals surface area contributed by atoms with Crippen LogP contribution in [0.5, 0.6) is 5.75 Å². The van der Waals surface area contributed by atoms with Crippen LogP contribution in [0.2, 0.25) is 0 Å². The summed E-state index contributed by atoms with van der Waals surface area (Å²) < 4.78 is 5.47. The lowest BCUT2D eigenvalue weighted by atomic mass is 10.0. The number of carboxylic acids is 1. The molecule has 5 nitrogen and oxygen atoms in total. The molecule has 0 aromatic heterocycles. The van der Waals surface area contributed by atoms with E-state index in [1.807, 2.05) is 0 Å². The normalized spacial score (nSPS) is 20.5. The van der Waals surface area contributed by atoms with Gasteiger partial charge in [0, 0.05) is 7.05 Å². The Kier molecular flexibility index (Phi) is 2.75. The Hall–Kier alpha value is -2.04. The molecule has 2 unspecified atom stereocenters. The van der Waals surface area contributed by atoms with Crippen LogP contribution in [0.25, 0.3) is 0 Å². The highest BCUT2D eigenvalue weighted by Crippen LogP contribution is 2.34. The summed E-state index contributed by atoms with van der Waals surface area (Å²) in [5.74, 6) is -1.72. The number of hydrogen-bond donors (Lipinski definition) is 1. The zero-order valence-corrected chi connectivity index (χ0v) is 9.58. The Morgan fingerprint density at radius 1 is 1.47 bits per heavy atom. The molecule has 1 N–H and O–H groups in total. The largest absolute Gasteiger partial charge is 0.481 e. The molecule has 0 fully saturated rings. The summed E-state index contributed by atoms with van der Waals surface area (Å²) in [5.41, 5.74) is 0.659. The monoisotopic (exact) mass is 235 g/mol. The molecule has 0 saturated heterocycles. The van der Waals surface area contributed by atoms with Gasteiger partial charge in [0.2, 0.25) is 0 Å². The van der Waals surface area contributed by atoms with E-state index in [0.29, 0.717) is 11.4 Å². The Balaban J connectivity index is 2.37. The Bertz CT molecular complexity index is 471. The quantitative estimate of drug-likeness (QED) is 0.834. The Labute approximate surface area is 98.6 Å². The van der Waals surface area contributed by atoms with E-state index >= 15 is 0 Å². The standard InChI is InChI=1S/C12H13NO4/c1-7(12(15)16)10-11(14)13(2)8-5-3-4-6-9(8)17-10/h3-7,10H,1-2H3,(H,15,16). The second-order valence-corrected chi connectivity index (χ2v) is 4.03. The van der Waals surface area contributed by atoms with Crippen LogP contribution in [-0.4, -0.2) is 30.1 Å². The third-order valence-corrected chi connectivity index (χ3v) is 2.90. The van der Waals surface area contributed by atoms with Crippen LogP contribution in [0, 0.1) is 5.92 Å². The van der Waals surface area contributed by atoms with E-state index in [2.05, 4.69) is 0 Å². The molecule has 2 rings (SSSR count). The number of carbonyl (C=O) groups is 2. The lowest BCUT2D eigenvalue weighted by Gasteiger charge is -2.33. The van der Waals surface area contributed by atoms with Crippen molar-refractivity contribution in [3.63, 3.8) is 0 Å². The number of aliphatic carboxylic acids is 1. The Morgan fingerprint density at radius 2 is 2.12 bits per heavy atom. The summed E-state index contributed by atoms with van der Waals surface area (Å²) in [4.78, 5) is 24.3. The molecule has 1 heterocycles. The summed E-state index contributed by atoms with van der Waals surface area (Å²) >= 11 is 0. The number of carbonyl (C=O) groups excluding carboxylic acids is 1. The molecule has 2 atom stereocenters. The zero-order chi connectivity index (χ0) is 12.6. The van der Waals surface area contributed by atoms with E-state index in [4.69, 9.17) is 9.84 Å². The number of ether oxygens (including phenoxy) is 1. The topological polar surface area (TPSA) is 66.8 Å². The summed E-state index contributed by atoms with van der Waals surface area (Å²) in [6, 6.07) is 7.06. The molecule has 0 radical (unpaired) electrons. The summed E-state index contributed by atoms with van der Waals surface area (Å²) in [7, 11) is 1.62. The second-order valence-electron chi connectivity index (χ2n) is 4.03. The first-order valence-corrected chi connectivity index (χ1v) is 5.28. The van der Waals surface area contributed by atoms with E-state index in [1.54, 1.807) is 31.3 Å². The fourth-order valence-electron chi connectivity index (χ4n) is 1.78. The van der Waals surface area contributed by atoms with Gasteiger partial charge in [-0.05, 0) is 19.1 Å². The van der Waals surface area contributed by atoms with Crippen molar-refractivity contribution in [2.24, 2.45) is 5.92 Å². The molecule has 1 aliphatic rings. The average molecular weight is 235 g/mol. The lowest BCUT2D eigenvalue weighted by molar-refractivity contribution is -0.148. The van der Waals surface area contributed by atoms with Crippen molar-refractivity contribution in [2.45, 2.75) is 13.0 Å². The lowest BCUT2D eigenvalue weighted by Crippen LogP contribution is -2.48. The highest BCUT2D eigenvalue weighted by molar-refractivity contribution is 6.01. The summed E-state index contributed by atoms with van der Waals surface area (Å²) in [6.45, 7) is 1.46. The van der Waals surface area contributed by atoms with Crippen LogP contribution in [0.4, 0.5) is 5.69 Å². The van der Waals surface area contributed by atoms with Gasteiger partial charge in [-0.25, -0.2) is 0 Å². The molecule has 1 amide bonds. The van der Waals surface area contributed by atoms with Gasteiger partial charge in [-0.1, -0.05) is 12.1 Å². The molecule has 0 bridgehead atoms. The molecule has 1 aromatic carbocycles. The van der Waals surface area contributed by atoms with Crippen molar-refractivity contribution in [1.29, 1.82) is 0 Å². The maximum atomic E-state index is 12.0. The fourth-order valence-corrected chi connectivity index (χ4v) is 1.78. The minimum absolute atomic E-state index is 0.335. The first-order chi connectivity index (χ1) is 8.02. The predicted molar refractivity (Wildman–Crippen MR) is 61.1 cm³/mol. The van der Waals surface area contributed by atoms with Gasteiger partial charge < -0.3 is 14.7 Å². The number of nitrogens with zero attached hydrogens (tertiary/aromatic N) is 1. The number of likely N-dealkylation sites (N-methyl/N-ethyl adjacent to an activating group) is 1. The van der Waals surface area contributed by atoms with Gasteiger partial charge in [-0.15, -0.1) is 0 Å². The number of carboxylic acid groups (broad SMARTS) is 1. The molecule has 0 spiro atoms.